The largest absolute Gasteiger partial charge is 0.481 e. The molecule has 1 aromatic heterocycles. The van der Waals surface area contributed by atoms with Gasteiger partial charge < -0.3 is 20.6 Å². The number of piperidine rings is 2. The molecule has 0 saturated carbocycles. The number of carboxylic acid groups (broad SMARTS) is 1. The van der Waals surface area contributed by atoms with Gasteiger partial charge in [-0.05, 0) is 80.4 Å². The van der Waals surface area contributed by atoms with E-state index in [-0.39, 0.29) is 23.8 Å². The predicted molar refractivity (Wildman–Crippen MR) is 142 cm³/mol. The summed E-state index contributed by atoms with van der Waals surface area (Å²) in [7, 11) is 0. The van der Waals surface area contributed by atoms with E-state index in [2.05, 4.69) is 15.6 Å². The molecule has 4 rings (SSSR count). The van der Waals surface area contributed by atoms with Crippen LogP contribution in [0.5, 0.6) is 0 Å². The number of hydrogen-bond acceptors (Lipinski definition) is 6. The van der Waals surface area contributed by atoms with E-state index in [9.17, 15) is 23.9 Å². The van der Waals surface area contributed by atoms with Crippen LogP contribution in [0.25, 0.3) is 11.1 Å². The van der Waals surface area contributed by atoms with E-state index in [4.69, 9.17) is 5.26 Å². The lowest BCUT2D eigenvalue weighted by Gasteiger charge is -2.33. The lowest BCUT2D eigenvalue weighted by molar-refractivity contribution is -0.138. The minimum Gasteiger partial charge on any atom is -0.481 e. The smallest absolute Gasteiger partial charge is 0.305 e. The summed E-state index contributed by atoms with van der Waals surface area (Å²) >= 11 is 0. The lowest BCUT2D eigenvalue weighted by atomic mass is 9.92. The summed E-state index contributed by atoms with van der Waals surface area (Å²) in [5, 5.41) is 24.7. The minimum absolute atomic E-state index is 0.0691. The van der Waals surface area contributed by atoms with Gasteiger partial charge in [-0.15, -0.1) is 0 Å². The summed E-state index contributed by atoms with van der Waals surface area (Å²) < 4.78 is 14.2. The number of carboxylic acids is 1. The Kier molecular flexibility index (Phi) is 9.60. The molecule has 3 heterocycles. The van der Waals surface area contributed by atoms with Crippen LogP contribution in [0.3, 0.4) is 0 Å². The Morgan fingerprint density at radius 3 is 2.69 bits per heavy atom. The highest BCUT2D eigenvalue weighted by Crippen LogP contribution is 2.27. The number of aromatic nitrogens is 1. The number of benzene rings is 1. The third-order valence-electron chi connectivity index (χ3n) is 7.65. The van der Waals surface area contributed by atoms with Crippen molar-refractivity contribution in [1.29, 1.82) is 5.26 Å². The number of halogens is 1. The van der Waals surface area contributed by atoms with Crippen LogP contribution in [0.15, 0.2) is 36.7 Å². The number of nitriles is 1. The van der Waals surface area contributed by atoms with E-state index in [1.807, 2.05) is 0 Å². The zero-order valence-corrected chi connectivity index (χ0v) is 21.9. The fraction of sp³-hybridized carbons (Fsp3) is 0.483. The summed E-state index contributed by atoms with van der Waals surface area (Å²) in [4.78, 5) is 43.7. The lowest BCUT2D eigenvalue weighted by Crippen LogP contribution is -2.46. The van der Waals surface area contributed by atoms with Gasteiger partial charge in [-0.2, -0.15) is 5.26 Å². The number of nitrogens with one attached hydrogen (secondary N) is 2. The van der Waals surface area contributed by atoms with E-state index >= 15 is 0 Å². The van der Waals surface area contributed by atoms with Crippen molar-refractivity contribution in [3.05, 3.63) is 53.6 Å². The molecule has 3 N–H and O–H groups in total. The fourth-order valence-corrected chi connectivity index (χ4v) is 5.38. The van der Waals surface area contributed by atoms with Crippen molar-refractivity contribution in [2.45, 2.75) is 51.0 Å². The van der Waals surface area contributed by atoms with Crippen LogP contribution in [0.4, 0.5) is 4.39 Å². The zero-order chi connectivity index (χ0) is 27.8. The standard InChI is InChI=1S/C29H34FN5O4/c30-25-13-20(4-5-21(25)15-31)23-12-24(17-33-16-23)26(14-28(37)38)34-29(39)22-2-1-11-35(18-22)27(36)6-3-19-7-9-32-10-8-19/h4-5,12-13,16-17,19,22,26,32H,1-3,6-11,14,18H2,(H,34,39)(H,37,38)/t22-,26-/m1/s1/i30-1. The second-order valence-corrected chi connectivity index (χ2v) is 10.4. The number of pyridine rings is 1. The highest BCUT2D eigenvalue weighted by Gasteiger charge is 2.31. The molecular formula is C29H34FN5O4. The fourth-order valence-electron chi connectivity index (χ4n) is 5.38. The summed E-state index contributed by atoms with van der Waals surface area (Å²) in [5.41, 5.74) is 1.40. The summed E-state index contributed by atoms with van der Waals surface area (Å²) in [5.74, 6) is -1.86. The maximum atomic E-state index is 14.2. The summed E-state index contributed by atoms with van der Waals surface area (Å²) in [6.07, 6.45) is 7.47. The van der Waals surface area contributed by atoms with Crippen LogP contribution < -0.4 is 10.6 Å². The van der Waals surface area contributed by atoms with Crippen molar-refractivity contribution in [3.63, 3.8) is 0 Å². The summed E-state index contributed by atoms with van der Waals surface area (Å²) in [6.45, 7) is 2.93. The van der Waals surface area contributed by atoms with Crippen molar-refractivity contribution >= 4 is 17.8 Å². The molecular weight excluding hydrogens is 500 g/mol. The molecule has 0 radical (unpaired) electrons. The van der Waals surface area contributed by atoms with E-state index < -0.39 is 23.7 Å². The third kappa shape index (κ3) is 7.60. The van der Waals surface area contributed by atoms with E-state index in [1.165, 1.54) is 24.5 Å². The first-order chi connectivity index (χ1) is 18.8. The van der Waals surface area contributed by atoms with Gasteiger partial charge in [0.1, 0.15) is 11.9 Å². The number of likely N-dealkylation sites (tertiary alicyclic amines) is 1. The topological polar surface area (TPSA) is 135 Å². The minimum atomic E-state index is -1.09. The van der Waals surface area contributed by atoms with Crippen molar-refractivity contribution in [3.8, 4) is 17.2 Å². The van der Waals surface area contributed by atoms with Gasteiger partial charge in [0.2, 0.25) is 11.8 Å². The molecule has 2 saturated heterocycles. The van der Waals surface area contributed by atoms with Crippen molar-refractivity contribution < 1.29 is 23.9 Å². The van der Waals surface area contributed by atoms with Gasteiger partial charge in [0.05, 0.1) is 23.9 Å². The molecule has 0 bridgehead atoms. The van der Waals surface area contributed by atoms with E-state index in [0.29, 0.717) is 55.0 Å². The first-order valence-corrected chi connectivity index (χ1v) is 13.5. The number of hydrogen-bond donors (Lipinski definition) is 3. The Bertz CT molecular complexity index is 1240. The van der Waals surface area contributed by atoms with Crippen LogP contribution in [-0.4, -0.2) is 59.0 Å². The second kappa shape index (κ2) is 13.3. The SMILES string of the molecule is N#Cc1ccc(-c2cncc([C@@H](CC(=O)O)NC(=O)[C@@H]3CCCN(C(=O)CCC4CCNCC4)C3)c2)cc1[18F]. The number of rotatable bonds is 9. The van der Waals surface area contributed by atoms with Crippen molar-refractivity contribution in [2.24, 2.45) is 11.8 Å². The molecule has 10 heteroatoms. The zero-order valence-electron chi connectivity index (χ0n) is 21.9. The molecule has 2 aromatic rings. The Morgan fingerprint density at radius 2 is 1.97 bits per heavy atom. The Hall–Kier alpha value is -3.84. The molecule has 0 unspecified atom stereocenters. The first kappa shape index (κ1) is 28.2. The van der Waals surface area contributed by atoms with Crippen LogP contribution in [0, 0.1) is 29.0 Å². The van der Waals surface area contributed by atoms with Gasteiger partial charge >= 0.3 is 5.97 Å². The predicted octanol–water partition coefficient (Wildman–Crippen LogP) is 3.41. The van der Waals surface area contributed by atoms with Crippen molar-refractivity contribution in [1.82, 2.24) is 20.5 Å². The first-order valence-electron chi connectivity index (χ1n) is 13.5. The number of carbonyl (C=O) groups is 3. The average molecular weight is 535 g/mol. The number of carbonyl (C=O) groups excluding carboxylic acids is 2. The molecule has 2 fully saturated rings. The van der Waals surface area contributed by atoms with Gasteiger partial charge in [-0.25, -0.2) is 4.39 Å². The molecule has 206 valence electrons. The normalized spacial score (nSPS) is 18.7. The quantitative estimate of drug-likeness (QED) is 0.449. The maximum absolute atomic E-state index is 14.2. The number of nitrogens with zero attached hydrogens (tertiary/aromatic N) is 3. The van der Waals surface area contributed by atoms with E-state index in [0.717, 1.165) is 32.4 Å². The molecule has 2 amide bonds. The third-order valence-corrected chi connectivity index (χ3v) is 7.65. The molecule has 39 heavy (non-hydrogen) atoms. The molecule has 2 aliphatic rings. The van der Waals surface area contributed by atoms with Gasteiger partial charge in [0.25, 0.3) is 0 Å². The monoisotopic (exact) mass is 534 g/mol. The molecule has 2 atom stereocenters. The van der Waals surface area contributed by atoms with Gasteiger partial charge in [0.15, 0.2) is 0 Å². The average Bonchev–Trinajstić information content (AvgIpc) is 2.96. The van der Waals surface area contributed by atoms with Crippen molar-refractivity contribution in [2.75, 3.05) is 26.2 Å². The highest BCUT2D eigenvalue weighted by atomic mass is 18.2. The van der Waals surface area contributed by atoms with Gasteiger partial charge in [-0.1, -0.05) is 6.07 Å². The molecule has 0 aliphatic carbocycles. The summed E-state index contributed by atoms with van der Waals surface area (Å²) in [6, 6.07) is 6.78. The second-order valence-electron chi connectivity index (χ2n) is 10.4. The molecule has 0 spiro atoms. The van der Waals surface area contributed by atoms with Gasteiger partial charge in [0, 0.05) is 37.5 Å². The van der Waals surface area contributed by atoms with Crippen LogP contribution >= 0.6 is 0 Å². The maximum Gasteiger partial charge on any atom is 0.305 e. The van der Waals surface area contributed by atoms with Crippen LogP contribution in [0.1, 0.15) is 62.1 Å². The molecule has 2 aliphatic heterocycles. The Morgan fingerprint density at radius 1 is 1.18 bits per heavy atom. The van der Waals surface area contributed by atoms with E-state index in [1.54, 1.807) is 23.1 Å². The Labute approximate surface area is 227 Å². The molecule has 9 nitrogen and oxygen atoms in total. The highest BCUT2D eigenvalue weighted by molar-refractivity contribution is 5.82. The number of aliphatic carboxylic acids is 1. The van der Waals surface area contributed by atoms with Gasteiger partial charge in [-0.3, -0.25) is 19.4 Å². The Balaban J connectivity index is 1.42. The van der Waals surface area contributed by atoms with Crippen LogP contribution in [-0.2, 0) is 14.4 Å². The number of amides is 2. The molecule has 1 aromatic carbocycles. The van der Waals surface area contributed by atoms with Crippen LogP contribution in [0.2, 0.25) is 0 Å².